The molecule has 0 bridgehead atoms. The second-order valence-corrected chi connectivity index (χ2v) is 8.78. The number of phenols is 1. The molecule has 35 heavy (non-hydrogen) atoms. The summed E-state index contributed by atoms with van der Waals surface area (Å²) in [6.07, 6.45) is 3.11. The van der Waals surface area contributed by atoms with Crippen LogP contribution in [0.3, 0.4) is 0 Å². The standard InChI is InChI=1S/C28H28N2O5/c1-5-35-23-9-7-19(15-20(23)16(2)3)26(32)24-25(18-10-12-29-13-11-18)30(28(34)27(24)33)21-14-17(4)6-8-22(21)31/h6-16,25,31-32H,5H2,1-4H3/b26-24-. The summed E-state index contributed by atoms with van der Waals surface area (Å²) >= 11 is 0. The van der Waals surface area contributed by atoms with Crippen molar-refractivity contribution in [2.75, 3.05) is 11.5 Å². The molecule has 1 atom stereocenters. The normalized spacial score (nSPS) is 17.3. The molecule has 4 rings (SSSR count). The van der Waals surface area contributed by atoms with Gasteiger partial charge in [-0.3, -0.25) is 19.5 Å². The van der Waals surface area contributed by atoms with Crippen LogP contribution in [0.2, 0.25) is 0 Å². The van der Waals surface area contributed by atoms with E-state index in [1.54, 1.807) is 54.9 Å². The number of benzene rings is 2. The van der Waals surface area contributed by atoms with Gasteiger partial charge in [0, 0.05) is 18.0 Å². The van der Waals surface area contributed by atoms with Crippen molar-refractivity contribution < 1.29 is 24.5 Å². The first-order valence-corrected chi connectivity index (χ1v) is 11.5. The lowest BCUT2D eigenvalue weighted by Crippen LogP contribution is -2.29. The van der Waals surface area contributed by atoms with Gasteiger partial charge in [0.2, 0.25) is 0 Å². The zero-order valence-corrected chi connectivity index (χ0v) is 20.1. The highest BCUT2D eigenvalue weighted by molar-refractivity contribution is 6.51. The number of ether oxygens (including phenoxy) is 1. The molecule has 0 spiro atoms. The number of amides is 1. The second kappa shape index (κ2) is 9.62. The molecule has 2 N–H and O–H groups in total. The highest BCUT2D eigenvalue weighted by Crippen LogP contribution is 2.45. The fourth-order valence-electron chi connectivity index (χ4n) is 4.36. The molecule has 7 heteroatoms. The van der Waals surface area contributed by atoms with Crippen LogP contribution in [0.25, 0.3) is 5.76 Å². The van der Waals surface area contributed by atoms with Crippen LogP contribution in [0.15, 0.2) is 66.5 Å². The lowest BCUT2D eigenvalue weighted by atomic mass is 9.93. The summed E-state index contributed by atoms with van der Waals surface area (Å²) in [5.41, 5.74) is 2.81. The van der Waals surface area contributed by atoms with Crippen molar-refractivity contribution in [1.29, 1.82) is 0 Å². The van der Waals surface area contributed by atoms with E-state index in [0.29, 0.717) is 23.5 Å². The Balaban J connectivity index is 1.95. The van der Waals surface area contributed by atoms with Crippen molar-refractivity contribution in [1.82, 2.24) is 4.98 Å². The van der Waals surface area contributed by atoms with Crippen molar-refractivity contribution in [3.8, 4) is 11.5 Å². The van der Waals surface area contributed by atoms with Gasteiger partial charge in [0.05, 0.1) is 23.9 Å². The molecule has 0 aliphatic carbocycles. The topological polar surface area (TPSA) is 100.0 Å². The third-order valence-corrected chi connectivity index (χ3v) is 6.06. The van der Waals surface area contributed by atoms with Crippen molar-refractivity contribution in [3.05, 3.63) is 88.8 Å². The van der Waals surface area contributed by atoms with E-state index in [0.717, 1.165) is 11.1 Å². The van der Waals surface area contributed by atoms with E-state index in [9.17, 15) is 19.8 Å². The Hall–Kier alpha value is -4.13. The minimum atomic E-state index is -0.945. The van der Waals surface area contributed by atoms with Gasteiger partial charge in [-0.1, -0.05) is 19.9 Å². The largest absolute Gasteiger partial charge is 0.507 e. The Morgan fingerprint density at radius 3 is 2.46 bits per heavy atom. The molecule has 3 aromatic rings. The van der Waals surface area contributed by atoms with E-state index in [-0.39, 0.29) is 28.7 Å². The van der Waals surface area contributed by atoms with Crippen LogP contribution in [0.1, 0.15) is 55.0 Å². The van der Waals surface area contributed by atoms with Crippen molar-refractivity contribution >= 4 is 23.1 Å². The Bertz CT molecular complexity index is 1310. The van der Waals surface area contributed by atoms with Crippen LogP contribution in [0.5, 0.6) is 11.5 Å². The third kappa shape index (κ3) is 4.37. The third-order valence-electron chi connectivity index (χ3n) is 6.06. The number of pyridine rings is 1. The number of aliphatic hydroxyl groups excluding tert-OH is 1. The lowest BCUT2D eigenvalue weighted by Gasteiger charge is -2.26. The van der Waals surface area contributed by atoms with Gasteiger partial charge in [-0.2, -0.15) is 0 Å². The van der Waals surface area contributed by atoms with Gasteiger partial charge in [0.25, 0.3) is 11.7 Å². The predicted octanol–water partition coefficient (Wildman–Crippen LogP) is 5.24. The molecule has 2 heterocycles. The number of phenolic OH excluding ortho intramolecular Hbond substituents is 1. The van der Waals surface area contributed by atoms with Gasteiger partial charge in [0.1, 0.15) is 17.3 Å². The number of aryl methyl sites for hydroxylation is 1. The molecule has 0 radical (unpaired) electrons. The summed E-state index contributed by atoms with van der Waals surface area (Å²) in [6.45, 7) is 8.25. The lowest BCUT2D eigenvalue weighted by molar-refractivity contribution is -0.132. The molecule has 1 unspecified atom stereocenters. The molecule has 0 saturated carbocycles. The molecule has 1 aliphatic rings. The summed E-state index contributed by atoms with van der Waals surface area (Å²) < 4.78 is 5.72. The average molecular weight is 473 g/mol. The number of anilines is 1. The highest BCUT2D eigenvalue weighted by atomic mass is 16.5. The van der Waals surface area contributed by atoms with Crippen molar-refractivity contribution in [2.24, 2.45) is 0 Å². The maximum Gasteiger partial charge on any atom is 0.300 e. The van der Waals surface area contributed by atoms with E-state index >= 15 is 0 Å². The smallest absolute Gasteiger partial charge is 0.300 e. The molecule has 1 aromatic heterocycles. The molecular weight excluding hydrogens is 444 g/mol. The van der Waals surface area contributed by atoms with E-state index in [4.69, 9.17) is 4.74 Å². The average Bonchev–Trinajstić information content (AvgIpc) is 3.11. The number of hydrogen-bond acceptors (Lipinski definition) is 6. The molecule has 7 nitrogen and oxygen atoms in total. The fraction of sp³-hybridized carbons (Fsp3) is 0.250. The minimum Gasteiger partial charge on any atom is -0.507 e. The minimum absolute atomic E-state index is 0.0547. The molecule has 1 aliphatic heterocycles. The Morgan fingerprint density at radius 2 is 1.80 bits per heavy atom. The molecule has 180 valence electrons. The SMILES string of the molecule is CCOc1ccc(/C(O)=C2/C(=O)C(=O)N(c3cc(C)ccc3O)C2c2ccncc2)cc1C(C)C. The van der Waals surface area contributed by atoms with Crippen LogP contribution < -0.4 is 9.64 Å². The van der Waals surface area contributed by atoms with Crippen LogP contribution in [0, 0.1) is 6.92 Å². The summed E-state index contributed by atoms with van der Waals surface area (Å²) in [5.74, 6) is -1.28. The molecule has 1 saturated heterocycles. The maximum absolute atomic E-state index is 13.3. The number of aliphatic hydroxyl groups is 1. The number of Topliss-reactive ketones (excluding diaryl/α,β-unsaturated/α-hetero) is 1. The summed E-state index contributed by atoms with van der Waals surface area (Å²) in [4.78, 5) is 31.9. The zero-order valence-electron chi connectivity index (χ0n) is 20.1. The number of aromatic hydroxyl groups is 1. The molecule has 1 amide bonds. The fourth-order valence-corrected chi connectivity index (χ4v) is 4.36. The quantitative estimate of drug-likeness (QED) is 0.289. The number of ketones is 1. The number of hydrogen-bond donors (Lipinski definition) is 2. The van der Waals surface area contributed by atoms with E-state index in [1.165, 1.54) is 11.0 Å². The van der Waals surface area contributed by atoms with E-state index < -0.39 is 17.7 Å². The van der Waals surface area contributed by atoms with Crippen molar-refractivity contribution in [3.63, 3.8) is 0 Å². The zero-order chi connectivity index (χ0) is 25.3. The van der Waals surface area contributed by atoms with Crippen LogP contribution >= 0.6 is 0 Å². The molecule has 1 fully saturated rings. The van der Waals surface area contributed by atoms with Gasteiger partial charge < -0.3 is 14.9 Å². The number of nitrogens with zero attached hydrogens (tertiary/aromatic N) is 2. The van der Waals surface area contributed by atoms with E-state index in [2.05, 4.69) is 4.98 Å². The monoisotopic (exact) mass is 472 g/mol. The predicted molar refractivity (Wildman–Crippen MR) is 134 cm³/mol. The number of carbonyl (C=O) groups excluding carboxylic acids is 2. The summed E-state index contributed by atoms with van der Waals surface area (Å²) in [5, 5.41) is 22.0. The van der Waals surface area contributed by atoms with Gasteiger partial charge in [-0.15, -0.1) is 0 Å². The first-order chi connectivity index (χ1) is 16.7. The summed E-state index contributed by atoms with van der Waals surface area (Å²) in [6, 6.07) is 12.5. The number of carbonyl (C=O) groups is 2. The van der Waals surface area contributed by atoms with Gasteiger partial charge in [-0.05, 0) is 78.9 Å². The van der Waals surface area contributed by atoms with Crippen LogP contribution in [0.4, 0.5) is 5.69 Å². The highest BCUT2D eigenvalue weighted by Gasteiger charge is 2.47. The van der Waals surface area contributed by atoms with Gasteiger partial charge >= 0.3 is 0 Å². The van der Waals surface area contributed by atoms with Gasteiger partial charge in [-0.25, -0.2) is 0 Å². The van der Waals surface area contributed by atoms with Crippen LogP contribution in [-0.4, -0.2) is 33.5 Å². The molecule has 2 aromatic carbocycles. The van der Waals surface area contributed by atoms with Gasteiger partial charge in [0.15, 0.2) is 0 Å². The van der Waals surface area contributed by atoms with Crippen molar-refractivity contribution in [2.45, 2.75) is 39.7 Å². The first kappa shape index (κ1) is 24.0. The second-order valence-electron chi connectivity index (χ2n) is 8.78. The Labute approximate surface area is 204 Å². The number of rotatable bonds is 6. The Morgan fingerprint density at radius 1 is 1.09 bits per heavy atom. The van der Waals surface area contributed by atoms with Crippen LogP contribution in [-0.2, 0) is 9.59 Å². The Kier molecular flexibility index (Phi) is 6.60. The first-order valence-electron chi connectivity index (χ1n) is 11.5. The maximum atomic E-state index is 13.3. The number of aromatic nitrogens is 1. The summed E-state index contributed by atoms with van der Waals surface area (Å²) in [7, 11) is 0. The van der Waals surface area contributed by atoms with E-state index in [1.807, 2.05) is 27.7 Å². The molecular formula is C28H28N2O5.